The topological polar surface area (TPSA) is 156 Å². The summed E-state index contributed by atoms with van der Waals surface area (Å²) < 4.78 is 16.5. The van der Waals surface area contributed by atoms with Gasteiger partial charge in [0.1, 0.15) is 23.0 Å². The van der Waals surface area contributed by atoms with Crippen LogP contribution >= 0.6 is 22.7 Å². The molecule has 4 rings (SSSR count). The van der Waals surface area contributed by atoms with E-state index in [0.717, 1.165) is 37.9 Å². The molecule has 50 heavy (non-hydrogen) atoms. The smallest absolute Gasteiger partial charge is 0.407 e. The number of carbonyl (C=O) groups excluding carboxylic acids is 3. The Morgan fingerprint density at radius 1 is 0.900 bits per heavy atom. The number of ether oxygens (including phenoxy) is 3. The summed E-state index contributed by atoms with van der Waals surface area (Å²) in [6, 6.07) is 17.2. The van der Waals surface area contributed by atoms with E-state index in [9.17, 15) is 14.4 Å². The van der Waals surface area contributed by atoms with Crippen molar-refractivity contribution >= 4 is 77.4 Å². The Morgan fingerprint density at radius 2 is 1.60 bits per heavy atom. The molecule has 1 amide bonds. The lowest BCUT2D eigenvalue weighted by atomic mass is 10.1. The van der Waals surface area contributed by atoms with Crippen LogP contribution in [0.4, 0.5) is 32.0 Å². The molecule has 0 aliphatic carbocycles. The van der Waals surface area contributed by atoms with E-state index in [1.807, 2.05) is 75.4 Å². The number of benzene rings is 2. The van der Waals surface area contributed by atoms with Gasteiger partial charge >= 0.3 is 18.0 Å². The molecular formula is C35H41N7O6S2. The number of carbonyl (C=O) groups is 3. The van der Waals surface area contributed by atoms with Crippen LogP contribution in [0, 0.1) is 5.92 Å². The predicted molar refractivity (Wildman–Crippen MR) is 196 cm³/mol. The summed E-state index contributed by atoms with van der Waals surface area (Å²) >= 11 is 2.86. The second-order valence-electron chi connectivity index (χ2n) is 11.1. The number of amides is 1. The van der Waals surface area contributed by atoms with Gasteiger partial charge in [0, 0.05) is 24.2 Å². The first kappa shape index (κ1) is 37.8. The second kappa shape index (κ2) is 19.2. The molecule has 0 spiro atoms. The number of hydrogen-bond donors (Lipinski definition) is 1. The number of azo groups is 2. The number of nitrogens with zero attached hydrogens (tertiary/aromatic N) is 6. The van der Waals surface area contributed by atoms with E-state index >= 15 is 0 Å². The first-order valence-electron chi connectivity index (χ1n) is 16.2. The predicted octanol–water partition coefficient (Wildman–Crippen LogP) is 8.99. The number of thiazole rings is 1. The number of fused-ring (bicyclic) bond motifs is 1. The van der Waals surface area contributed by atoms with E-state index in [2.05, 4.69) is 42.2 Å². The summed E-state index contributed by atoms with van der Waals surface area (Å²) in [5.74, 6) is -0.739. The van der Waals surface area contributed by atoms with Crippen LogP contribution in [0.15, 0.2) is 87.2 Å². The monoisotopic (exact) mass is 719 g/mol. The summed E-state index contributed by atoms with van der Waals surface area (Å²) in [5, 5.41) is 21.2. The normalized spacial score (nSPS) is 11.9. The van der Waals surface area contributed by atoms with E-state index in [1.165, 1.54) is 22.7 Å². The fourth-order valence-electron chi connectivity index (χ4n) is 4.24. The molecule has 0 saturated carbocycles. The maximum atomic E-state index is 11.9. The average molecular weight is 720 g/mol. The Bertz CT molecular complexity index is 1770. The molecule has 1 N–H and O–H groups in total. The van der Waals surface area contributed by atoms with Crippen LogP contribution in [0.25, 0.3) is 9.53 Å². The molecule has 264 valence electrons. The molecule has 13 nitrogen and oxygen atoms in total. The van der Waals surface area contributed by atoms with Crippen molar-refractivity contribution in [3.05, 3.63) is 72.3 Å². The van der Waals surface area contributed by atoms with Gasteiger partial charge in [0.2, 0.25) is 5.13 Å². The zero-order valence-electron chi connectivity index (χ0n) is 28.6. The summed E-state index contributed by atoms with van der Waals surface area (Å²) in [4.78, 5) is 42.6. The van der Waals surface area contributed by atoms with Gasteiger partial charge in [0.15, 0.2) is 0 Å². The molecule has 15 heteroatoms. The Balaban J connectivity index is 1.21. The maximum Gasteiger partial charge on any atom is 0.407 e. The second-order valence-corrected chi connectivity index (χ2v) is 13.1. The summed E-state index contributed by atoms with van der Waals surface area (Å²) in [6.45, 7) is 12.9. The number of aromatic nitrogens is 1. The molecule has 0 bridgehead atoms. The van der Waals surface area contributed by atoms with E-state index in [4.69, 9.17) is 14.2 Å². The van der Waals surface area contributed by atoms with E-state index in [0.29, 0.717) is 42.5 Å². The number of rotatable bonds is 18. The van der Waals surface area contributed by atoms with Gasteiger partial charge in [-0.25, -0.2) is 14.6 Å². The highest BCUT2D eigenvalue weighted by Gasteiger charge is 2.12. The summed E-state index contributed by atoms with van der Waals surface area (Å²) in [5.41, 5.74) is 3.72. The highest BCUT2D eigenvalue weighted by molar-refractivity contribution is 7.30. The molecule has 0 fully saturated rings. The SMILES string of the molecule is C=C(C)C(=O)OCCNC(=O)OCCN(CC)c1ccc(N=Nc2nc3sc(N=Nc4ccc(CCOC(=O)C(C)CC)cc4)cc3s2)cc1. The van der Waals surface area contributed by atoms with Gasteiger partial charge in [0.05, 0.1) is 41.7 Å². The fourth-order valence-corrected chi connectivity index (χ4v) is 6.09. The average Bonchev–Trinajstić information content (AvgIpc) is 3.69. The Kier molecular flexibility index (Phi) is 14.5. The molecule has 4 aromatic rings. The van der Waals surface area contributed by atoms with Crippen molar-refractivity contribution < 1.29 is 28.6 Å². The van der Waals surface area contributed by atoms with Crippen molar-refractivity contribution in [1.29, 1.82) is 0 Å². The van der Waals surface area contributed by atoms with Crippen LogP contribution in [-0.4, -0.2) is 62.5 Å². The number of hydrogen-bond acceptors (Lipinski definition) is 14. The third kappa shape index (κ3) is 11.8. The Hall–Kier alpha value is -5.02. The van der Waals surface area contributed by atoms with Crippen molar-refractivity contribution in [2.45, 2.75) is 40.5 Å². The summed E-state index contributed by atoms with van der Waals surface area (Å²) in [6.07, 6.45) is 0.836. The number of esters is 2. The van der Waals surface area contributed by atoms with Crippen molar-refractivity contribution in [1.82, 2.24) is 10.3 Å². The van der Waals surface area contributed by atoms with E-state index in [-0.39, 0.29) is 31.6 Å². The Morgan fingerprint density at radius 3 is 2.26 bits per heavy atom. The first-order chi connectivity index (χ1) is 24.1. The molecule has 1 unspecified atom stereocenters. The van der Waals surface area contributed by atoms with Crippen molar-refractivity contribution in [3.8, 4) is 0 Å². The molecule has 2 aromatic heterocycles. The van der Waals surface area contributed by atoms with Crippen LogP contribution < -0.4 is 10.2 Å². The minimum absolute atomic E-state index is 0.0418. The third-order valence-electron chi connectivity index (χ3n) is 7.31. The minimum atomic E-state index is -0.580. The van der Waals surface area contributed by atoms with Crippen LogP contribution in [-0.2, 0) is 30.2 Å². The zero-order valence-corrected chi connectivity index (χ0v) is 30.2. The quantitative estimate of drug-likeness (QED) is 0.0351. The first-order valence-corrected chi connectivity index (χ1v) is 17.9. The van der Waals surface area contributed by atoms with Crippen molar-refractivity contribution in [2.24, 2.45) is 26.4 Å². The van der Waals surface area contributed by atoms with Crippen LogP contribution in [0.2, 0.25) is 0 Å². The minimum Gasteiger partial charge on any atom is -0.465 e. The van der Waals surface area contributed by atoms with E-state index < -0.39 is 12.1 Å². The van der Waals surface area contributed by atoms with Gasteiger partial charge in [-0.15, -0.1) is 20.5 Å². The lowest BCUT2D eigenvalue weighted by Crippen LogP contribution is -2.32. The molecule has 2 heterocycles. The highest BCUT2D eigenvalue weighted by atomic mass is 32.1. The molecule has 0 radical (unpaired) electrons. The molecule has 0 aliphatic heterocycles. The van der Waals surface area contributed by atoms with Crippen LogP contribution in [0.3, 0.4) is 0 Å². The van der Waals surface area contributed by atoms with Crippen molar-refractivity contribution in [2.75, 3.05) is 44.4 Å². The van der Waals surface area contributed by atoms with Gasteiger partial charge in [0.25, 0.3) is 0 Å². The number of nitrogens with one attached hydrogen (secondary N) is 1. The van der Waals surface area contributed by atoms with Gasteiger partial charge in [-0.05, 0) is 68.3 Å². The van der Waals surface area contributed by atoms with Crippen molar-refractivity contribution in [3.63, 3.8) is 0 Å². The Labute approximate surface area is 299 Å². The molecule has 2 aromatic carbocycles. The van der Waals surface area contributed by atoms with E-state index in [1.54, 1.807) is 6.92 Å². The number of anilines is 1. The fraction of sp³-hybridized carbons (Fsp3) is 0.371. The van der Waals surface area contributed by atoms with Gasteiger partial charge in [-0.1, -0.05) is 55.2 Å². The van der Waals surface area contributed by atoms with Gasteiger partial charge < -0.3 is 24.4 Å². The molecular weight excluding hydrogens is 679 g/mol. The molecule has 0 aliphatic rings. The lowest BCUT2D eigenvalue weighted by Gasteiger charge is -2.23. The number of likely N-dealkylation sites (N-methyl/N-ethyl adjacent to an activating group) is 1. The molecule has 0 saturated heterocycles. The van der Waals surface area contributed by atoms with Crippen LogP contribution in [0.5, 0.6) is 0 Å². The summed E-state index contributed by atoms with van der Waals surface area (Å²) in [7, 11) is 0. The standard InChI is InChI=1S/C35H41N7O6S2/c1-6-24(5)33(44)46-19-16-25-8-10-26(11-9-25)38-40-30-22-29-31(50-30)37-34(49-29)41-39-27-12-14-28(15-13-27)42(7-2)18-21-48-35(45)36-17-20-47-32(43)23(3)4/h8-15,22,24H,3,6-7,16-21H2,1-2,4-5H3,(H,36,45). The van der Waals surface area contributed by atoms with Gasteiger partial charge in [-0.3, -0.25) is 4.79 Å². The molecule has 1 atom stereocenters. The van der Waals surface area contributed by atoms with Gasteiger partial charge in [-0.2, -0.15) is 0 Å². The number of alkyl carbamates (subject to hydrolysis) is 1. The lowest BCUT2D eigenvalue weighted by molar-refractivity contribution is -0.148. The van der Waals surface area contributed by atoms with Crippen LogP contribution in [0.1, 0.15) is 39.7 Å². The number of thiophene rings is 1. The zero-order chi connectivity index (χ0) is 35.9. The third-order valence-corrected chi connectivity index (χ3v) is 9.24. The maximum absolute atomic E-state index is 11.9. The highest BCUT2D eigenvalue weighted by Crippen LogP contribution is 2.39. The largest absolute Gasteiger partial charge is 0.465 e.